The van der Waals surface area contributed by atoms with E-state index in [-0.39, 0.29) is 11.5 Å². The van der Waals surface area contributed by atoms with Gasteiger partial charge in [0.1, 0.15) is 11.6 Å². The number of hydrogen-bond acceptors (Lipinski definition) is 1. The lowest BCUT2D eigenvalue weighted by molar-refractivity contribution is 0.618. The number of aryl methyl sites for hydroxylation is 1. The van der Waals surface area contributed by atoms with E-state index in [0.717, 1.165) is 0 Å². The molecule has 0 saturated heterocycles. The maximum absolute atomic E-state index is 13.3. The molecule has 3 heteroatoms. The molecule has 0 aromatic heterocycles. The summed E-state index contributed by atoms with van der Waals surface area (Å²) in [7, 11) is 0. The SMILES string of the molecule is Cc1ccc(-c2ccc(N)c(F)c2)cc1F. The van der Waals surface area contributed by atoms with Gasteiger partial charge in [-0.05, 0) is 41.8 Å². The zero-order valence-corrected chi connectivity index (χ0v) is 8.80. The van der Waals surface area contributed by atoms with Crippen LogP contribution >= 0.6 is 0 Å². The van der Waals surface area contributed by atoms with Crippen LogP contribution in [0.4, 0.5) is 14.5 Å². The van der Waals surface area contributed by atoms with Crippen LogP contribution in [0.1, 0.15) is 5.56 Å². The van der Waals surface area contributed by atoms with Crippen LogP contribution in [-0.4, -0.2) is 0 Å². The molecule has 82 valence electrons. The molecule has 16 heavy (non-hydrogen) atoms. The molecule has 1 nitrogen and oxygen atoms in total. The predicted molar refractivity (Wildman–Crippen MR) is 60.9 cm³/mol. The highest BCUT2D eigenvalue weighted by atomic mass is 19.1. The van der Waals surface area contributed by atoms with Crippen molar-refractivity contribution < 1.29 is 8.78 Å². The largest absolute Gasteiger partial charge is 0.396 e. The highest BCUT2D eigenvalue weighted by molar-refractivity contribution is 5.66. The molecule has 0 bridgehead atoms. The molecule has 0 heterocycles. The Labute approximate surface area is 92.5 Å². The summed E-state index contributed by atoms with van der Waals surface area (Å²) in [5.74, 6) is -0.784. The maximum atomic E-state index is 13.3. The summed E-state index contributed by atoms with van der Waals surface area (Å²) >= 11 is 0. The zero-order chi connectivity index (χ0) is 11.7. The van der Waals surface area contributed by atoms with Crippen LogP contribution in [0.3, 0.4) is 0 Å². The molecule has 2 N–H and O–H groups in total. The van der Waals surface area contributed by atoms with Gasteiger partial charge in [0.05, 0.1) is 5.69 Å². The third-order valence-corrected chi connectivity index (χ3v) is 2.51. The number of nitrogens with two attached hydrogens (primary N) is 1. The first-order valence-electron chi connectivity index (χ1n) is 4.89. The molecule has 0 aliphatic rings. The molecule has 0 saturated carbocycles. The van der Waals surface area contributed by atoms with Gasteiger partial charge in [-0.2, -0.15) is 0 Å². The van der Waals surface area contributed by atoms with E-state index in [1.165, 1.54) is 18.2 Å². The summed E-state index contributed by atoms with van der Waals surface area (Å²) in [6.07, 6.45) is 0. The predicted octanol–water partition coefficient (Wildman–Crippen LogP) is 3.52. The Hall–Kier alpha value is -1.90. The minimum absolute atomic E-state index is 0.0938. The lowest BCUT2D eigenvalue weighted by Gasteiger charge is -2.05. The van der Waals surface area contributed by atoms with Crippen molar-refractivity contribution in [2.45, 2.75) is 6.92 Å². The molecule has 2 aromatic rings. The molecule has 0 aliphatic heterocycles. The van der Waals surface area contributed by atoms with E-state index in [1.807, 2.05) is 0 Å². The minimum atomic E-state index is -0.488. The van der Waals surface area contributed by atoms with Gasteiger partial charge in [0.15, 0.2) is 0 Å². The van der Waals surface area contributed by atoms with Crippen molar-refractivity contribution in [2.75, 3.05) is 5.73 Å². The van der Waals surface area contributed by atoms with Crippen LogP contribution in [0.5, 0.6) is 0 Å². The van der Waals surface area contributed by atoms with E-state index >= 15 is 0 Å². The summed E-state index contributed by atoms with van der Waals surface area (Å²) in [6, 6.07) is 9.26. The third-order valence-electron chi connectivity index (χ3n) is 2.51. The van der Waals surface area contributed by atoms with E-state index in [0.29, 0.717) is 16.7 Å². The van der Waals surface area contributed by atoms with Crippen molar-refractivity contribution in [1.82, 2.24) is 0 Å². The molecule has 0 amide bonds. The van der Waals surface area contributed by atoms with Crippen molar-refractivity contribution in [3.8, 4) is 11.1 Å². The summed E-state index contributed by atoms with van der Waals surface area (Å²) in [5, 5.41) is 0. The zero-order valence-electron chi connectivity index (χ0n) is 8.80. The number of nitrogen functional groups attached to an aromatic ring is 1. The van der Waals surface area contributed by atoms with Gasteiger partial charge in [-0.15, -0.1) is 0 Å². The lowest BCUT2D eigenvalue weighted by atomic mass is 10.0. The average Bonchev–Trinajstić information content (AvgIpc) is 2.26. The van der Waals surface area contributed by atoms with Crippen molar-refractivity contribution >= 4 is 5.69 Å². The molecule has 0 unspecified atom stereocenters. The number of benzene rings is 2. The molecule has 0 aliphatic carbocycles. The van der Waals surface area contributed by atoms with Gasteiger partial charge in [-0.1, -0.05) is 18.2 Å². The van der Waals surface area contributed by atoms with E-state index in [1.54, 1.807) is 25.1 Å². The van der Waals surface area contributed by atoms with Crippen LogP contribution in [0.25, 0.3) is 11.1 Å². The molecule has 2 rings (SSSR count). The smallest absolute Gasteiger partial charge is 0.146 e. The van der Waals surface area contributed by atoms with Crippen molar-refractivity contribution in [3.63, 3.8) is 0 Å². The Balaban J connectivity index is 2.50. The van der Waals surface area contributed by atoms with Crippen LogP contribution < -0.4 is 5.73 Å². The Morgan fingerprint density at radius 1 is 0.875 bits per heavy atom. The standard InChI is InChI=1S/C13H11F2N/c1-8-2-3-9(6-11(8)14)10-4-5-13(16)12(15)7-10/h2-7H,16H2,1H3. The van der Waals surface area contributed by atoms with Gasteiger partial charge in [0.25, 0.3) is 0 Å². The molecule has 0 spiro atoms. The second-order valence-corrected chi connectivity index (χ2v) is 3.70. The Bertz CT molecular complexity index is 486. The van der Waals surface area contributed by atoms with Crippen LogP contribution in [0.2, 0.25) is 0 Å². The van der Waals surface area contributed by atoms with E-state index < -0.39 is 5.82 Å². The monoisotopic (exact) mass is 219 g/mol. The Morgan fingerprint density at radius 3 is 2.00 bits per heavy atom. The number of rotatable bonds is 1. The lowest BCUT2D eigenvalue weighted by Crippen LogP contribution is -1.91. The summed E-state index contributed by atoms with van der Waals surface area (Å²) in [5.41, 5.74) is 7.29. The summed E-state index contributed by atoms with van der Waals surface area (Å²) in [6.45, 7) is 1.68. The van der Waals surface area contributed by atoms with Gasteiger partial charge in [-0.25, -0.2) is 8.78 Å². The second kappa shape index (κ2) is 3.93. The fourth-order valence-electron chi connectivity index (χ4n) is 1.48. The summed E-state index contributed by atoms with van der Waals surface area (Å²) < 4.78 is 26.6. The quantitative estimate of drug-likeness (QED) is 0.729. The topological polar surface area (TPSA) is 26.0 Å². The van der Waals surface area contributed by atoms with Gasteiger partial charge in [0.2, 0.25) is 0 Å². The summed E-state index contributed by atoms with van der Waals surface area (Å²) in [4.78, 5) is 0. The fraction of sp³-hybridized carbons (Fsp3) is 0.0769. The second-order valence-electron chi connectivity index (χ2n) is 3.70. The average molecular weight is 219 g/mol. The van der Waals surface area contributed by atoms with E-state index in [2.05, 4.69) is 0 Å². The molecule has 0 atom stereocenters. The Morgan fingerprint density at radius 2 is 1.44 bits per heavy atom. The molecular formula is C13H11F2N. The van der Waals surface area contributed by atoms with Crippen LogP contribution in [0.15, 0.2) is 36.4 Å². The van der Waals surface area contributed by atoms with E-state index in [9.17, 15) is 8.78 Å². The molecule has 0 radical (unpaired) electrons. The van der Waals surface area contributed by atoms with Gasteiger partial charge < -0.3 is 5.73 Å². The van der Waals surface area contributed by atoms with E-state index in [4.69, 9.17) is 5.73 Å². The van der Waals surface area contributed by atoms with Crippen molar-refractivity contribution in [3.05, 3.63) is 53.6 Å². The number of anilines is 1. The van der Waals surface area contributed by atoms with Crippen LogP contribution in [0, 0.1) is 18.6 Å². The number of halogens is 2. The maximum Gasteiger partial charge on any atom is 0.146 e. The van der Waals surface area contributed by atoms with Gasteiger partial charge in [-0.3, -0.25) is 0 Å². The first kappa shape index (κ1) is 10.6. The first-order valence-corrected chi connectivity index (χ1v) is 4.89. The van der Waals surface area contributed by atoms with Crippen molar-refractivity contribution in [1.29, 1.82) is 0 Å². The highest BCUT2D eigenvalue weighted by Crippen LogP contribution is 2.24. The normalized spacial score (nSPS) is 10.4. The molecular weight excluding hydrogens is 208 g/mol. The number of hydrogen-bond donors (Lipinski definition) is 1. The minimum Gasteiger partial charge on any atom is -0.396 e. The van der Waals surface area contributed by atoms with Crippen LogP contribution in [-0.2, 0) is 0 Å². The first-order chi connectivity index (χ1) is 7.58. The van der Waals surface area contributed by atoms with Crippen molar-refractivity contribution in [2.24, 2.45) is 0 Å². The molecule has 2 aromatic carbocycles. The fourth-order valence-corrected chi connectivity index (χ4v) is 1.48. The van der Waals surface area contributed by atoms with Gasteiger partial charge >= 0.3 is 0 Å². The third kappa shape index (κ3) is 1.89. The Kier molecular flexibility index (Phi) is 2.60. The van der Waals surface area contributed by atoms with Gasteiger partial charge in [0, 0.05) is 0 Å². The highest BCUT2D eigenvalue weighted by Gasteiger charge is 2.04. The molecule has 0 fully saturated rings.